The van der Waals surface area contributed by atoms with Crippen molar-refractivity contribution >= 4 is 34.3 Å². The quantitative estimate of drug-likeness (QED) is 0.537. The lowest BCUT2D eigenvalue weighted by molar-refractivity contribution is 0.424. The van der Waals surface area contributed by atoms with Crippen molar-refractivity contribution in [2.45, 2.75) is 38.6 Å². The van der Waals surface area contributed by atoms with Gasteiger partial charge in [0.05, 0.1) is 21.6 Å². The molecular weight excluding hydrogens is 428 g/mol. The van der Waals surface area contributed by atoms with Crippen molar-refractivity contribution in [3.63, 3.8) is 0 Å². The number of benzene rings is 1. The molecule has 4 N–H and O–H groups in total. The molecule has 10 heteroatoms. The average Bonchev–Trinajstić information content (AvgIpc) is 3.03. The zero-order valence-electron chi connectivity index (χ0n) is 17.9. The number of aryl methyl sites for hydroxylation is 1. The predicted molar refractivity (Wildman–Crippen MR) is 125 cm³/mol. The molecule has 1 aromatic carbocycles. The molecule has 1 aliphatic rings. The maximum absolute atomic E-state index is 13.5. The van der Waals surface area contributed by atoms with Gasteiger partial charge in [-0.05, 0) is 51.4 Å². The van der Waals surface area contributed by atoms with Crippen molar-refractivity contribution in [3.05, 3.63) is 50.7 Å². The molecule has 3 aromatic rings. The van der Waals surface area contributed by atoms with E-state index >= 15 is 0 Å². The maximum atomic E-state index is 13.5. The molecule has 166 valence electrons. The number of hydrogen-bond donors (Lipinski definition) is 3. The Balaban J connectivity index is 1.70. The summed E-state index contributed by atoms with van der Waals surface area (Å²) in [4.78, 5) is 26.5. The number of nitrogens with one attached hydrogen (secondary N) is 2. The topological polar surface area (TPSA) is 135 Å². The number of nitriles is 1. The van der Waals surface area contributed by atoms with E-state index in [2.05, 4.69) is 26.7 Å². The lowest BCUT2D eigenvalue weighted by Gasteiger charge is -2.22. The van der Waals surface area contributed by atoms with Gasteiger partial charge in [0.1, 0.15) is 23.3 Å². The van der Waals surface area contributed by atoms with Crippen LogP contribution in [-0.2, 0) is 6.42 Å². The van der Waals surface area contributed by atoms with E-state index in [0.29, 0.717) is 51.8 Å². The first-order valence-corrected chi connectivity index (χ1v) is 11.1. The predicted octanol–water partition coefficient (Wildman–Crippen LogP) is 2.57. The molecule has 0 bridgehead atoms. The fourth-order valence-corrected chi connectivity index (χ4v) is 4.46. The summed E-state index contributed by atoms with van der Waals surface area (Å²) in [5.41, 5.74) is 7.09. The molecule has 0 radical (unpaired) electrons. The molecule has 1 fully saturated rings. The Hall–Kier alpha value is -3.22. The van der Waals surface area contributed by atoms with E-state index in [1.54, 1.807) is 25.1 Å². The van der Waals surface area contributed by atoms with Crippen molar-refractivity contribution in [3.8, 4) is 6.07 Å². The van der Waals surface area contributed by atoms with Gasteiger partial charge in [0.15, 0.2) is 0 Å². The fraction of sp³-hybridized carbons (Fsp3) is 0.409. The van der Waals surface area contributed by atoms with Crippen molar-refractivity contribution < 1.29 is 0 Å². The van der Waals surface area contributed by atoms with E-state index < -0.39 is 0 Å². The van der Waals surface area contributed by atoms with E-state index in [4.69, 9.17) is 22.3 Å². The lowest BCUT2D eigenvalue weighted by atomic mass is 10.1. The Morgan fingerprint density at radius 2 is 2.16 bits per heavy atom. The number of nitrogen functional groups attached to an aromatic ring is 1. The molecule has 0 aliphatic carbocycles. The number of anilines is 2. The summed E-state index contributed by atoms with van der Waals surface area (Å²) in [6.45, 7) is 3.93. The molecule has 1 saturated heterocycles. The van der Waals surface area contributed by atoms with Gasteiger partial charge in [-0.25, -0.2) is 9.97 Å². The molecule has 0 saturated carbocycles. The van der Waals surface area contributed by atoms with Crippen LogP contribution in [0.2, 0.25) is 5.02 Å². The van der Waals surface area contributed by atoms with Crippen molar-refractivity contribution in [2.24, 2.45) is 0 Å². The van der Waals surface area contributed by atoms with Gasteiger partial charge in [0, 0.05) is 19.0 Å². The van der Waals surface area contributed by atoms with Crippen LogP contribution in [-0.4, -0.2) is 39.2 Å². The SMILES string of the molecule is Cc1nc(N)nc(NCCc2nc3cccc(Cl)c3c(=O)n2[C@H]2CCCNCC2)c1C#N. The van der Waals surface area contributed by atoms with E-state index in [1.165, 1.54) is 0 Å². The summed E-state index contributed by atoms with van der Waals surface area (Å²) in [7, 11) is 0. The highest BCUT2D eigenvalue weighted by molar-refractivity contribution is 6.35. The normalized spacial score (nSPS) is 16.5. The third-order valence-corrected chi connectivity index (χ3v) is 6.04. The molecule has 32 heavy (non-hydrogen) atoms. The molecule has 0 unspecified atom stereocenters. The standard InChI is InChI=1S/C22H25ClN8O/c1-13-15(12-24)20(30-22(25)28-13)27-11-8-18-29-17-6-2-5-16(23)19(17)21(32)31(18)14-4-3-9-26-10-7-14/h2,5-6,14,26H,3-4,7-11H2,1H3,(H3,25,27,28,30)/t14-/m0/s1. The minimum Gasteiger partial charge on any atom is -0.368 e. The molecule has 2 aromatic heterocycles. The number of aromatic nitrogens is 4. The van der Waals surface area contributed by atoms with Crippen molar-refractivity contribution in [1.82, 2.24) is 24.8 Å². The minimum absolute atomic E-state index is 0.0484. The first kappa shape index (κ1) is 22.0. The summed E-state index contributed by atoms with van der Waals surface area (Å²) < 4.78 is 1.81. The van der Waals surface area contributed by atoms with Crippen molar-refractivity contribution in [2.75, 3.05) is 30.7 Å². The van der Waals surface area contributed by atoms with Crippen LogP contribution in [0.1, 0.15) is 42.4 Å². The summed E-state index contributed by atoms with van der Waals surface area (Å²) in [5.74, 6) is 1.17. The maximum Gasteiger partial charge on any atom is 0.263 e. The van der Waals surface area contributed by atoms with Gasteiger partial charge in [-0.15, -0.1) is 0 Å². The second kappa shape index (κ2) is 9.51. The first-order valence-electron chi connectivity index (χ1n) is 10.7. The Labute approximate surface area is 190 Å². The summed E-state index contributed by atoms with van der Waals surface area (Å²) in [5, 5.41) is 16.9. The number of nitrogens with two attached hydrogens (primary N) is 1. The van der Waals surface area contributed by atoms with Crippen LogP contribution >= 0.6 is 11.6 Å². The van der Waals surface area contributed by atoms with Gasteiger partial charge in [-0.1, -0.05) is 17.7 Å². The molecular formula is C22H25ClN8O. The molecule has 3 heterocycles. The average molecular weight is 453 g/mol. The molecule has 9 nitrogen and oxygen atoms in total. The highest BCUT2D eigenvalue weighted by atomic mass is 35.5. The van der Waals surface area contributed by atoms with E-state index in [0.717, 1.165) is 32.4 Å². The number of rotatable bonds is 5. The van der Waals surface area contributed by atoms with Gasteiger partial charge in [-0.2, -0.15) is 10.2 Å². The smallest absolute Gasteiger partial charge is 0.263 e. The Kier molecular flexibility index (Phi) is 6.53. The van der Waals surface area contributed by atoms with Crippen LogP contribution in [0.15, 0.2) is 23.0 Å². The van der Waals surface area contributed by atoms with Gasteiger partial charge < -0.3 is 16.4 Å². The Morgan fingerprint density at radius 1 is 1.31 bits per heavy atom. The van der Waals surface area contributed by atoms with Gasteiger partial charge in [-0.3, -0.25) is 9.36 Å². The highest BCUT2D eigenvalue weighted by Crippen LogP contribution is 2.24. The molecule has 0 amide bonds. The van der Waals surface area contributed by atoms with Crippen LogP contribution in [0, 0.1) is 18.3 Å². The summed E-state index contributed by atoms with van der Waals surface area (Å²) in [6.07, 6.45) is 3.19. The Bertz CT molecular complexity index is 1240. The number of hydrogen-bond acceptors (Lipinski definition) is 8. The largest absolute Gasteiger partial charge is 0.368 e. The third-order valence-electron chi connectivity index (χ3n) is 5.72. The van der Waals surface area contributed by atoms with Crippen LogP contribution < -0.4 is 21.9 Å². The molecule has 0 spiro atoms. The van der Waals surface area contributed by atoms with Gasteiger partial charge >= 0.3 is 0 Å². The lowest BCUT2D eigenvalue weighted by Crippen LogP contribution is -2.31. The van der Waals surface area contributed by atoms with Crippen LogP contribution in [0.5, 0.6) is 0 Å². The Morgan fingerprint density at radius 3 is 2.97 bits per heavy atom. The van der Waals surface area contributed by atoms with E-state index in [-0.39, 0.29) is 17.5 Å². The van der Waals surface area contributed by atoms with Crippen LogP contribution in [0.3, 0.4) is 0 Å². The first-order chi connectivity index (χ1) is 15.5. The van der Waals surface area contributed by atoms with Crippen LogP contribution in [0.4, 0.5) is 11.8 Å². The number of nitrogens with zero attached hydrogens (tertiary/aromatic N) is 5. The molecule has 1 atom stereocenters. The summed E-state index contributed by atoms with van der Waals surface area (Å²) >= 11 is 6.37. The minimum atomic E-state index is -0.109. The molecule has 4 rings (SSSR count). The molecule has 1 aliphatic heterocycles. The second-order valence-electron chi connectivity index (χ2n) is 7.85. The second-order valence-corrected chi connectivity index (χ2v) is 8.26. The number of fused-ring (bicyclic) bond motifs is 1. The fourth-order valence-electron chi connectivity index (χ4n) is 4.21. The van der Waals surface area contributed by atoms with Crippen LogP contribution in [0.25, 0.3) is 10.9 Å². The number of halogens is 1. The monoisotopic (exact) mass is 452 g/mol. The van der Waals surface area contributed by atoms with E-state index in [1.807, 2.05) is 4.57 Å². The van der Waals surface area contributed by atoms with E-state index in [9.17, 15) is 10.1 Å². The van der Waals surface area contributed by atoms with Crippen molar-refractivity contribution in [1.29, 1.82) is 5.26 Å². The highest BCUT2D eigenvalue weighted by Gasteiger charge is 2.22. The summed E-state index contributed by atoms with van der Waals surface area (Å²) in [6, 6.07) is 7.49. The third kappa shape index (κ3) is 4.38. The van der Waals surface area contributed by atoms with Gasteiger partial charge in [0.2, 0.25) is 5.95 Å². The zero-order chi connectivity index (χ0) is 22.7. The van der Waals surface area contributed by atoms with Gasteiger partial charge in [0.25, 0.3) is 5.56 Å². The zero-order valence-corrected chi connectivity index (χ0v) is 18.6.